The summed E-state index contributed by atoms with van der Waals surface area (Å²) in [5, 5.41) is 23.1. The molecule has 0 aromatic carbocycles. The first-order valence-electron chi connectivity index (χ1n) is 8.70. The molecule has 0 radical (unpaired) electrons. The van der Waals surface area contributed by atoms with Gasteiger partial charge in [0.2, 0.25) is 0 Å². The van der Waals surface area contributed by atoms with Gasteiger partial charge in [0.05, 0.1) is 17.9 Å². The summed E-state index contributed by atoms with van der Waals surface area (Å²) in [6.45, 7) is 7.70. The number of nitrogens with zero attached hydrogens (tertiary/aromatic N) is 2. The topological polar surface area (TPSA) is 120 Å². The number of carboxylic acids is 1. The molecule has 0 spiro atoms. The Balaban J connectivity index is 2.07. The van der Waals surface area contributed by atoms with Crippen molar-refractivity contribution in [3.8, 4) is 5.75 Å². The van der Waals surface area contributed by atoms with Crippen molar-refractivity contribution in [2.75, 3.05) is 5.32 Å². The fraction of sp³-hybridized carbons (Fsp3) is 0.316. The van der Waals surface area contributed by atoms with E-state index in [1.54, 1.807) is 24.4 Å². The van der Waals surface area contributed by atoms with Crippen LogP contribution >= 0.6 is 12.2 Å². The van der Waals surface area contributed by atoms with Crippen LogP contribution in [0.1, 0.15) is 55.2 Å². The van der Waals surface area contributed by atoms with Gasteiger partial charge >= 0.3 is 5.97 Å². The smallest absolute Gasteiger partial charge is 0.337 e. The minimum atomic E-state index is -1.04. The minimum Gasteiger partial charge on any atom is -0.489 e. The highest BCUT2D eigenvalue weighted by Gasteiger charge is 2.14. The highest BCUT2D eigenvalue weighted by molar-refractivity contribution is 7.80. The first-order chi connectivity index (χ1) is 13.2. The van der Waals surface area contributed by atoms with E-state index >= 15 is 0 Å². The number of ether oxygens (including phenoxy) is 1. The van der Waals surface area contributed by atoms with Gasteiger partial charge in [0.25, 0.3) is 0 Å². The Kier molecular flexibility index (Phi) is 7.00. The highest BCUT2D eigenvalue weighted by atomic mass is 32.1. The van der Waals surface area contributed by atoms with E-state index in [2.05, 4.69) is 20.6 Å². The predicted octanol–water partition coefficient (Wildman–Crippen LogP) is 3.40. The summed E-state index contributed by atoms with van der Waals surface area (Å²) in [7, 11) is 0. The molecule has 0 amide bonds. The number of hydrogen-bond donors (Lipinski definition) is 4. The van der Waals surface area contributed by atoms with E-state index in [1.165, 1.54) is 6.20 Å². The van der Waals surface area contributed by atoms with Crippen LogP contribution < -0.4 is 15.4 Å². The SMILES string of the molecule is CC(C)Oc1ccc(C(=N)NC(=S)Nc2ncc(C(=O)O)cc2C(C)C)nc1. The molecule has 4 N–H and O–H groups in total. The fourth-order valence-electron chi connectivity index (χ4n) is 2.33. The largest absolute Gasteiger partial charge is 0.489 e. The molecular weight excluding hydrogens is 378 g/mol. The zero-order valence-electron chi connectivity index (χ0n) is 16.1. The van der Waals surface area contributed by atoms with E-state index in [4.69, 9.17) is 27.5 Å². The third kappa shape index (κ3) is 5.71. The Morgan fingerprint density at radius 3 is 2.46 bits per heavy atom. The van der Waals surface area contributed by atoms with Gasteiger partial charge in [0.15, 0.2) is 10.9 Å². The first kappa shape index (κ1) is 21.2. The maximum atomic E-state index is 11.2. The molecule has 2 rings (SSSR count). The van der Waals surface area contributed by atoms with Gasteiger partial charge in [-0.25, -0.2) is 14.8 Å². The van der Waals surface area contributed by atoms with Gasteiger partial charge in [0.1, 0.15) is 17.3 Å². The molecule has 0 atom stereocenters. The van der Waals surface area contributed by atoms with Gasteiger partial charge in [-0.3, -0.25) is 5.41 Å². The van der Waals surface area contributed by atoms with Crippen molar-refractivity contribution in [3.05, 3.63) is 47.4 Å². The second kappa shape index (κ2) is 9.23. The van der Waals surface area contributed by atoms with Crippen LogP contribution in [0.15, 0.2) is 30.6 Å². The van der Waals surface area contributed by atoms with Gasteiger partial charge in [-0.15, -0.1) is 0 Å². The van der Waals surface area contributed by atoms with Crippen LogP contribution in [0.3, 0.4) is 0 Å². The molecule has 2 aromatic rings. The Bertz CT molecular complexity index is 882. The number of amidine groups is 1. The number of carbonyl (C=O) groups is 1. The number of aromatic nitrogens is 2. The van der Waals surface area contributed by atoms with Gasteiger partial charge in [-0.05, 0) is 55.7 Å². The number of nitrogens with one attached hydrogen (secondary N) is 3. The van der Waals surface area contributed by atoms with Crippen molar-refractivity contribution in [2.24, 2.45) is 0 Å². The lowest BCUT2D eigenvalue weighted by molar-refractivity contribution is 0.0696. The van der Waals surface area contributed by atoms with Crippen LogP contribution in [-0.4, -0.2) is 38.1 Å². The van der Waals surface area contributed by atoms with E-state index in [0.717, 1.165) is 0 Å². The zero-order chi connectivity index (χ0) is 20.8. The van der Waals surface area contributed by atoms with Gasteiger partial charge in [0, 0.05) is 6.20 Å². The first-order valence-corrected chi connectivity index (χ1v) is 9.11. The zero-order valence-corrected chi connectivity index (χ0v) is 16.9. The monoisotopic (exact) mass is 401 g/mol. The number of aromatic carboxylic acids is 1. The van der Waals surface area contributed by atoms with Crippen LogP contribution in [0.2, 0.25) is 0 Å². The lowest BCUT2D eigenvalue weighted by atomic mass is 10.0. The quantitative estimate of drug-likeness (QED) is 0.330. The van der Waals surface area contributed by atoms with Gasteiger partial charge in [-0.1, -0.05) is 13.8 Å². The minimum absolute atomic E-state index is 0.0156. The molecular formula is C19H23N5O3S. The molecule has 0 aliphatic carbocycles. The van der Waals surface area contributed by atoms with Crippen LogP contribution in [-0.2, 0) is 0 Å². The van der Waals surface area contributed by atoms with E-state index < -0.39 is 5.97 Å². The van der Waals surface area contributed by atoms with Crippen LogP contribution in [0.5, 0.6) is 5.75 Å². The molecule has 28 heavy (non-hydrogen) atoms. The lowest BCUT2D eigenvalue weighted by Gasteiger charge is -2.16. The average Bonchev–Trinajstić information content (AvgIpc) is 2.61. The Morgan fingerprint density at radius 1 is 1.21 bits per heavy atom. The average molecular weight is 401 g/mol. The molecule has 0 saturated carbocycles. The van der Waals surface area contributed by atoms with Crippen molar-refractivity contribution in [1.82, 2.24) is 15.3 Å². The molecule has 0 aliphatic heterocycles. The third-order valence-electron chi connectivity index (χ3n) is 3.62. The Hall–Kier alpha value is -3.07. The van der Waals surface area contributed by atoms with Crippen molar-refractivity contribution in [1.29, 1.82) is 5.41 Å². The normalized spacial score (nSPS) is 10.6. The summed E-state index contributed by atoms with van der Waals surface area (Å²) in [6.07, 6.45) is 2.85. The number of hydrogen-bond acceptors (Lipinski definition) is 6. The van der Waals surface area contributed by atoms with Gasteiger partial charge in [-0.2, -0.15) is 0 Å². The second-order valence-corrected chi connectivity index (χ2v) is 7.03. The van der Waals surface area contributed by atoms with Crippen molar-refractivity contribution in [3.63, 3.8) is 0 Å². The molecule has 0 bridgehead atoms. The molecule has 2 heterocycles. The lowest BCUT2D eigenvalue weighted by Crippen LogP contribution is -2.35. The molecule has 0 unspecified atom stereocenters. The number of pyridine rings is 2. The summed E-state index contributed by atoms with van der Waals surface area (Å²) in [6, 6.07) is 4.96. The van der Waals surface area contributed by atoms with Crippen LogP contribution in [0.4, 0.5) is 5.82 Å². The third-order valence-corrected chi connectivity index (χ3v) is 3.82. The number of carboxylic acid groups (broad SMARTS) is 1. The van der Waals surface area contributed by atoms with Gasteiger partial charge < -0.3 is 20.5 Å². The van der Waals surface area contributed by atoms with Crippen LogP contribution in [0.25, 0.3) is 0 Å². The molecule has 0 fully saturated rings. The van der Waals surface area contributed by atoms with Crippen LogP contribution in [0, 0.1) is 5.41 Å². The predicted molar refractivity (Wildman–Crippen MR) is 111 cm³/mol. The Labute approximate surface area is 168 Å². The van der Waals surface area contributed by atoms with Crippen molar-refractivity contribution < 1.29 is 14.6 Å². The number of thiocarbonyl (C=S) groups is 1. The van der Waals surface area contributed by atoms with Crippen molar-refractivity contribution >= 4 is 35.0 Å². The maximum absolute atomic E-state index is 11.2. The van der Waals surface area contributed by atoms with E-state index in [-0.39, 0.29) is 28.5 Å². The molecule has 0 saturated heterocycles. The molecule has 9 heteroatoms. The molecule has 2 aromatic heterocycles. The fourth-order valence-corrected chi connectivity index (χ4v) is 2.53. The maximum Gasteiger partial charge on any atom is 0.337 e. The van der Waals surface area contributed by atoms with E-state index in [1.807, 2.05) is 27.7 Å². The molecule has 148 valence electrons. The number of anilines is 1. The summed E-state index contributed by atoms with van der Waals surface area (Å²) in [4.78, 5) is 19.5. The second-order valence-electron chi connectivity index (χ2n) is 6.62. The summed E-state index contributed by atoms with van der Waals surface area (Å²) in [5.41, 5.74) is 1.22. The summed E-state index contributed by atoms with van der Waals surface area (Å²) < 4.78 is 5.53. The molecule has 0 aliphatic rings. The summed E-state index contributed by atoms with van der Waals surface area (Å²) in [5.74, 6) is 0.0726. The van der Waals surface area contributed by atoms with E-state index in [9.17, 15) is 4.79 Å². The van der Waals surface area contributed by atoms with E-state index in [0.29, 0.717) is 22.8 Å². The number of rotatable bonds is 6. The van der Waals surface area contributed by atoms with Crippen molar-refractivity contribution in [2.45, 2.75) is 39.7 Å². The Morgan fingerprint density at radius 2 is 1.93 bits per heavy atom. The standard InChI is InChI=1S/C19H23N5O3S/c1-10(2)14-7-12(18(25)26)8-22-17(14)24-19(28)23-16(20)15-6-5-13(9-21-15)27-11(3)4/h5-11H,1-4H3,(H,25,26)(H3,20,22,23,24,28). The highest BCUT2D eigenvalue weighted by Crippen LogP contribution is 2.23. The molecule has 8 nitrogen and oxygen atoms in total. The summed E-state index contributed by atoms with van der Waals surface area (Å²) >= 11 is 5.25.